The van der Waals surface area contributed by atoms with E-state index in [0.717, 1.165) is 17.0 Å². The molecule has 3 N–H and O–H groups in total. The maximum Gasteiger partial charge on any atom is 0.341 e. The molecule has 0 fully saturated rings. The molecule has 2 rings (SSSR count). The lowest BCUT2D eigenvalue weighted by Gasteiger charge is -2.18. The van der Waals surface area contributed by atoms with E-state index in [4.69, 9.17) is 10.5 Å². The van der Waals surface area contributed by atoms with Gasteiger partial charge in [0.15, 0.2) is 0 Å². The second kappa shape index (κ2) is 8.48. The van der Waals surface area contributed by atoms with Gasteiger partial charge in [-0.2, -0.15) is 0 Å². The molecule has 26 heavy (non-hydrogen) atoms. The summed E-state index contributed by atoms with van der Waals surface area (Å²) in [5.74, 6) is -1.57. The molecule has 1 heterocycles. The first-order chi connectivity index (χ1) is 12.3. The Hall–Kier alpha value is -2.87. The van der Waals surface area contributed by atoms with E-state index in [1.165, 1.54) is 0 Å². The summed E-state index contributed by atoms with van der Waals surface area (Å²) in [7, 11) is 1.79. The number of carbonyl (C=O) groups is 3. The third-order valence-electron chi connectivity index (χ3n) is 3.68. The zero-order valence-electron chi connectivity index (χ0n) is 14.9. The molecule has 138 valence electrons. The van der Waals surface area contributed by atoms with Crippen LogP contribution in [0, 0.1) is 6.92 Å². The predicted octanol–water partition coefficient (Wildman–Crippen LogP) is 2.41. The van der Waals surface area contributed by atoms with Crippen LogP contribution in [0.5, 0.6) is 0 Å². The second-order valence-corrected chi connectivity index (χ2v) is 6.61. The van der Waals surface area contributed by atoms with Crippen molar-refractivity contribution in [1.82, 2.24) is 0 Å². The first-order valence-electron chi connectivity index (χ1n) is 8.01. The van der Waals surface area contributed by atoms with Crippen LogP contribution in [-0.2, 0) is 9.53 Å². The van der Waals surface area contributed by atoms with Gasteiger partial charge in [0, 0.05) is 12.7 Å². The van der Waals surface area contributed by atoms with E-state index in [-0.39, 0.29) is 34.5 Å². The molecule has 0 atom stereocenters. The summed E-state index contributed by atoms with van der Waals surface area (Å²) in [6.07, 6.45) is 0. The van der Waals surface area contributed by atoms with E-state index in [9.17, 15) is 14.4 Å². The highest BCUT2D eigenvalue weighted by Gasteiger charge is 2.25. The Labute approximate surface area is 155 Å². The second-order valence-electron chi connectivity index (χ2n) is 5.58. The highest BCUT2D eigenvalue weighted by molar-refractivity contribution is 7.18. The predicted molar refractivity (Wildman–Crippen MR) is 102 cm³/mol. The number of benzene rings is 1. The SMILES string of the molecule is CCOC(=O)c1c(NC(=O)CN(C)c2ccccc2)sc(C(N)=O)c1C. The maximum absolute atomic E-state index is 12.4. The van der Waals surface area contributed by atoms with Crippen molar-refractivity contribution in [1.29, 1.82) is 0 Å². The number of anilines is 2. The van der Waals surface area contributed by atoms with E-state index < -0.39 is 11.9 Å². The number of hydrogen-bond donors (Lipinski definition) is 2. The molecule has 0 unspecified atom stereocenters. The van der Waals surface area contributed by atoms with E-state index >= 15 is 0 Å². The number of para-hydroxylation sites is 1. The molecule has 0 saturated carbocycles. The number of nitrogens with two attached hydrogens (primary N) is 1. The average molecular weight is 375 g/mol. The Bertz CT molecular complexity index is 817. The van der Waals surface area contributed by atoms with Crippen molar-refractivity contribution in [2.75, 3.05) is 30.4 Å². The lowest BCUT2D eigenvalue weighted by molar-refractivity contribution is -0.114. The Morgan fingerprint density at radius 2 is 1.88 bits per heavy atom. The number of likely N-dealkylation sites (N-methyl/N-ethyl adjacent to an activating group) is 1. The number of amides is 2. The van der Waals surface area contributed by atoms with Crippen LogP contribution < -0.4 is 16.0 Å². The summed E-state index contributed by atoms with van der Waals surface area (Å²) in [5, 5.41) is 2.96. The van der Waals surface area contributed by atoms with Crippen molar-refractivity contribution in [2.24, 2.45) is 5.73 Å². The van der Waals surface area contributed by atoms with E-state index in [1.807, 2.05) is 30.3 Å². The van der Waals surface area contributed by atoms with Gasteiger partial charge in [-0.25, -0.2) is 4.79 Å². The third-order valence-corrected chi connectivity index (χ3v) is 4.90. The highest BCUT2D eigenvalue weighted by atomic mass is 32.1. The van der Waals surface area contributed by atoms with Gasteiger partial charge in [0.25, 0.3) is 5.91 Å². The summed E-state index contributed by atoms with van der Waals surface area (Å²) >= 11 is 0.974. The minimum absolute atomic E-state index is 0.0785. The molecule has 0 aliphatic heterocycles. The molecular weight excluding hydrogens is 354 g/mol. The molecule has 8 heteroatoms. The van der Waals surface area contributed by atoms with Gasteiger partial charge in [-0.3, -0.25) is 9.59 Å². The van der Waals surface area contributed by atoms with Crippen LogP contribution in [0.4, 0.5) is 10.7 Å². The Morgan fingerprint density at radius 1 is 1.23 bits per heavy atom. The Morgan fingerprint density at radius 3 is 2.46 bits per heavy atom. The summed E-state index contributed by atoms with van der Waals surface area (Å²) in [6, 6.07) is 9.42. The first kappa shape index (κ1) is 19.5. The largest absolute Gasteiger partial charge is 0.462 e. The molecule has 0 saturated heterocycles. The molecule has 2 amide bonds. The van der Waals surface area contributed by atoms with Gasteiger partial charge >= 0.3 is 5.97 Å². The van der Waals surface area contributed by atoms with Gasteiger partial charge in [0.05, 0.1) is 23.6 Å². The van der Waals surface area contributed by atoms with Gasteiger partial charge in [-0.05, 0) is 31.5 Å². The molecule has 1 aromatic carbocycles. The molecule has 0 aliphatic rings. The average Bonchev–Trinajstić information content (AvgIpc) is 2.92. The number of nitrogens with one attached hydrogen (secondary N) is 1. The third kappa shape index (κ3) is 4.40. The number of thiophene rings is 1. The fraction of sp³-hybridized carbons (Fsp3) is 0.278. The number of esters is 1. The topological polar surface area (TPSA) is 102 Å². The molecule has 1 aromatic heterocycles. The normalized spacial score (nSPS) is 10.3. The summed E-state index contributed by atoms with van der Waals surface area (Å²) < 4.78 is 5.03. The molecule has 7 nitrogen and oxygen atoms in total. The smallest absolute Gasteiger partial charge is 0.341 e. The lowest BCUT2D eigenvalue weighted by atomic mass is 10.1. The van der Waals surface area contributed by atoms with Crippen LogP contribution in [0.15, 0.2) is 30.3 Å². The zero-order valence-corrected chi connectivity index (χ0v) is 15.7. The van der Waals surface area contributed by atoms with Crippen molar-refractivity contribution in [3.8, 4) is 0 Å². The van der Waals surface area contributed by atoms with Gasteiger partial charge in [-0.1, -0.05) is 18.2 Å². The van der Waals surface area contributed by atoms with Crippen LogP contribution in [-0.4, -0.2) is 38.0 Å². The van der Waals surface area contributed by atoms with E-state index in [1.54, 1.807) is 25.8 Å². The van der Waals surface area contributed by atoms with Crippen LogP contribution in [0.3, 0.4) is 0 Å². The zero-order chi connectivity index (χ0) is 19.3. The molecule has 2 aromatic rings. The van der Waals surface area contributed by atoms with Crippen LogP contribution in [0.1, 0.15) is 32.5 Å². The summed E-state index contributed by atoms with van der Waals surface area (Å²) in [5.41, 5.74) is 6.82. The van der Waals surface area contributed by atoms with Crippen molar-refractivity contribution < 1.29 is 19.1 Å². The number of hydrogen-bond acceptors (Lipinski definition) is 6. The number of rotatable bonds is 7. The van der Waals surface area contributed by atoms with E-state index in [0.29, 0.717) is 5.56 Å². The van der Waals surface area contributed by atoms with Crippen molar-refractivity contribution in [3.63, 3.8) is 0 Å². The number of primary amides is 1. The number of ether oxygens (including phenoxy) is 1. The van der Waals surface area contributed by atoms with E-state index in [2.05, 4.69) is 5.32 Å². The minimum Gasteiger partial charge on any atom is -0.462 e. The molecule has 0 bridgehead atoms. The van der Waals surface area contributed by atoms with Crippen molar-refractivity contribution >= 4 is 39.8 Å². The minimum atomic E-state index is -0.653. The number of carbonyl (C=O) groups excluding carboxylic acids is 3. The molecule has 0 aliphatic carbocycles. The Kier molecular flexibility index (Phi) is 6.35. The standard InChI is InChI=1S/C18H21N3O4S/c1-4-25-18(24)14-11(2)15(16(19)23)26-17(14)20-13(22)10-21(3)12-8-6-5-7-9-12/h5-9H,4,10H2,1-3H3,(H2,19,23)(H,20,22). The summed E-state index contributed by atoms with van der Waals surface area (Å²) in [4.78, 5) is 38.2. The van der Waals surface area contributed by atoms with Crippen LogP contribution in [0.25, 0.3) is 0 Å². The highest BCUT2D eigenvalue weighted by Crippen LogP contribution is 2.33. The first-order valence-corrected chi connectivity index (χ1v) is 8.83. The van der Waals surface area contributed by atoms with Gasteiger partial charge in [0.2, 0.25) is 5.91 Å². The van der Waals surface area contributed by atoms with Crippen molar-refractivity contribution in [2.45, 2.75) is 13.8 Å². The monoisotopic (exact) mass is 375 g/mol. The van der Waals surface area contributed by atoms with Crippen LogP contribution in [0.2, 0.25) is 0 Å². The molecular formula is C18H21N3O4S. The van der Waals surface area contributed by atoms with Gasteiger partial charge in [-0.15, -0.1) is 11.3 Å². The maximum atomic E-state index is 12.4. The van der Waals surface area contributed by atoms with Gasteiger partial charge in [0.1, 0.15) is 5.00 Å². The quantitative estimate of drug-likeness (QED) is 0.724. The molecule has 0 radical (unpaired) electrons. The lowest BCUT2D eigenvalue weighted by Crippen LogP contribution is -2.30. The summed E-state index contributed by atoms with van der Waals surface area (Å²) in [6.45, 7) is 3.55. The Balaban J connectivity index is 2.22. The van der Waals surface area contributed by atoms with Crippen LogP contribution >= 0.6 is 11.3 Å². The fourth-order valence-corrected chi connectivity index (χ4v) is 3.50. The fourth-order valence-electron chi connectivity index (χ4n) is 2.44. The van der Waals surface area contributed by atoms with Crippen molar-refractivity contribution in [3.05, 3.63) is 46.3 Å². The van der Waals surface area contributed by atoms with Gasteiger partial charge < -0.3 is 20.7 Å². The number of nitrogens with zero attached hydrogens (tertiary/aromatic N) is 1. The molecule has 0 spiro atoms.